The predicted molar refractivity (Wildman–Crippen MR) is 56.0 cm³/mol. The fourth-order valence-corrected chi connectivity index (χ4v) is 2.11. The Kier molecular flexibility index (Phi) is 5.61. The van der Waals surface area contributed by atoms with E-state index in [1.54, 1.807) is 0 Å². The van der Waals surface area contributed by atoms with Gasteiger partial charge in [0.05, 0.1) is 0 Å². The second kappa shape index (κ2) is 5.61. The quantitative estimate of drug-likeness (QED) is 0.553. The molecule has 0 aromatic heterocycles. The van der Waals surface area contributed by atoms with E-state index in [1.165, 1.54) is 19.3 Å². The van der Waals surface area contributed by atoms with Crippen LogP contribution < -0.4 is 0 Å². The van der Waals surface area contributed by atoms with Gasteiger partial charge >= 0.3 is 0 Å². The Bertz CT molecular complexity index is 101. The van der Waals surface area contributed by atoms with Crippen molar-refractivity contribution in [2.45, 2.75) is 60.3 Å². The first-order valence-electron chi connectivity index (χ1n) is 5.41. The zero-order chi connectivity index (χ0) is 9.61. The molecule has 0 aromatic carbocycles. The summed E-state index contributed by atoms with van der Waals surface area (Å²) in [5.74, 6) is 0.785. The lowest BCUT2D eigenvalue weighted by molar-refractivity contribution is 0.192. The number of rotatable bonds is 6. The highest BCUT2D eigenvalue weighted by Crippen LogP contribution is 2.40. The van der Waals surface area contributed by atoms with Crippen molar-refractivity contribution in [1.29, 1.82) is 0 Å². The first-order chi connectivity index (χ1) is 5.66. The molecule has 0 saturated heterocycles. The van der Waals surface area contributed by atoms with Crippen LogP contribution in [0, 0.1) is 17.8 Å². The topological polar surface area (TPSA) is 0 Å². The highest BCUT2D eigenvalue weighted by atomic mass is 14.3. The zero-order valence-corrected chi connectivity index (χ0v) is 9.41. The Hall–Kier alpha value is 0. The van der Waals surface area contributed by atoms with E-state index >= 15 is 0 Å². The van der Waals surface area contributed by atoms with Crippen molar-refractivity contribution in [3.8, 4) is 0 Å². The molecule has 72 valence electrons. The molecule has 0 amide bonds. The molecule has 12 heavy (non-hydrogen) atoms. The Balaban J connectivity index is 4.33. The van der Waals surface area contributed by atoms with Gasteiger partial charge in [0, 0.05) is 0 Å². The van der Waals surface area contributed by atoms with E-state index in [2.05, 4.69) is 41.0 Å². The van der Waals surface area contributed by atoms with Gasteiger partial charge in [-0.2, -0.15) is 0 Å². The summed E-state index contributed by atoms with van der Waals surface area (Å²) < 4.78 is 0. The molecule has 0 rings (SSSR count). The first kappa shape index (κ1) is 12.0. The van der Waals surface area contributed by atoms with Crippen LogP contribution >= 0.6 is 0 Å². The van der Waals surface area contributed by atoms with Crippen molar-refractivity contribution in [2.24, 2.45) is 11.3 Å². The van der Waals surface area contributed by atoms with Crippen LogP contribution in [0.3, 0.4) is 0 Å². The fourth-order valence-electron chi connectivity index (χ4n) is 2.11. The van der Waals surface area contributed by atoms with Crippen molar-refractivity contribution in [3.05, 3.63) is 6.42 Å². The second-order valence-electron chi connectivity index (χ2n) is 3.70. The van der Waals surface area contributed by atoms with E-state index in [9.17, 15) is 0 Å². The molecule has 0 N–H and O–H groups in total. The standard InChI is InChI=1S/C12H24/c1-6-10-12(8-3,9-4)11(5)7-2/h11H,6-9H2,1-5H3. The summed E-state index contributed by atoms with van der Waals surface area (Å²) in [5.41, 5.74) is 0.392. The molecule has 0 heteroatoms. The smallest absolute Gasteiger partial charge is 0.0106 e. The summed E-state index contributed by atoms with van der Waals surface area (Å²) in [6.45, 7) is 11.4. The van der Waals surface area contributed by atoms with Crippen molar-refractivity contribution >= 4 is 0 Å². The summed E-state index contributed by atoms with van der Waals surface area (Å²) in [6, 6.07) is 0. The lowest BCUT2D eigenvalue weighted by Gasteiger charge is -2.36. The minimum Gasteiger partial charge on any atom is -0.0651 e. The van der Waals surface area contributed by atoms with Gasteiger partial charge in [-0.05, 0) is 37.0 Å². The van der Waals surface area contributed by atoms with E-state index < -0.39 is 0 Å². The molecular weight excluding hydrogens is 144 g/mol. The van der Waals surface area contributed by atoms with Crippen molar-refractivity contribution < 1.29 is 0 Å². The third kappa shape index (κ3) is 2.50. The molecule has 0 nitrogen and oxygen atoms in total. The van der Waals surface area contributed by atoms with Crippen molar-refractivity contribution in [1.82, 2.24) is 0 Å². The molecule has 0 heterocycles. The van der Waals surface area contributed by atoms with Gasteiger partial charge in [-0.3, -0.25) is 0 Å². The van der Waals surface area contributed by atoms with Gasteiger partial charge in [0.2, 0.25) is 0 Å². The predicted octanol–water partition coefficient (Wildman–Crippen LogP) is 4.33. The molecule has 0 spiro atoms. The minimum absolute atomic E-state index is 0.392. The molecule has 0 aliphatic heterocycles. The molecule has 2 radical (unpaired) electrons. The summed E-state index contributed by atoms with van der Waals surface area (Å²) in [5, 5.41) is 0. The maximum absolute atomic E-state index is 3.65. The van der Waals surface area contributed by atoms with Gasteiger partial charge in [-0.25, -0.2) is 0 Å². The molecule has 0 aliphatic carbocycles. The fraction of sp³-hybridized carbons (Fsp3) is 0.917. The van der Waals surface area contributed by atoms with Gasteiger partial charge in [0.1, 0.15) is 0 Å². The van der Waals surface area contributed by atoms with Gasteiger partial charge < -0.3 is 0 Å². The Morgan fingerprint density at radius 3 is 1.83 bits per heavy atom. The molecule has 0 bridgehead atoms. The Labute approximate surface area is 78.8 Å². The molecule has 0 fully saturated rings. The van der Waals surface area contributed by atoms with Crippen LogP contribution in [-0.4, -0.2) is 0 Å². The average Bonchev–Trinajstić information content (AvgIpc) is 2.13. The molecule has 1 unspecified atom stereocenters. The summed E-state index contributed by atoms with van der Waals surface area (Å²) in [4.78, 5) is 0. The average molecular weight is 168 g/mol. The number of hydrogen-bond donors (Lipinski definition) is 0. The minimum atomic E-state index is 0.392. The van der Waals surface area contributed by atoms with Crippen LogP contribution in [0.25, 0.3) is 0 Å². The van der Waals surface area contributed by atoms with Crippen LogP contribution in [0.15, 0.2) is 0 Å². The van der Waals surface area contributed by atoms with Gasteiger partial charge in [-0.15, -0.1) is 0 Å². The Morgan fingerprint density at radius 2 is 1.58 bits per heavy atom. The van der Waals surface area contributed by atoms with Gasteiger partial charge in [0.15, 0.2) is 0 Å². The summed E-state index contributed by atoms with van der Waals surface area (Å²) >= 11 is 0. The lowest BCUT2D eigenvalue weighted by atomic mass is 9.68. The van der Waals surface area contributed by atoms with Gasteiger partial charge in [0.25, 0.3) is 0 Å². The highest BCUT2D eigenvalue weighted by molar-refractivity contribution is 4.92. The van der Waals surface area contributed by atoms with E-state index in [0.29, 0.717) is 5.41 Å². The van der Waals surface area contributed by atoms with Crippen LogP contribution in [-0.2, 0) is 0 Å². The maximum Gasteiger partial charge on any atom is -0.0106 e. The van der Waals surface area contributed by atoms with Crippen molar-refractivity contribution in [2.75, 3.05) is 0 Å². The van der Waals surface area contributed by atoms with E-state index in [1.807, 2.05) is 0 Å². The van der Waals surface area contributed by atoms with Crippen LogP contribution in [0.1, 0.15) is 60.3 Å². The zero-order valence-electron chi connectivity index (χ0n) is 9.41. The van der Waals surface area contributed by atoms with E-state index in [0.717, 1.165) is 12.3 Å². The number of hydrogen-bond acceptors (Lipinski definition) is 0. The lowest BCUT2D eigenvalue weighted by Crippen LogP contribution is -2.27. The normalized spacial score (nSPS) is 14.8. The van der Waals surface area contributed by atoms with E-state index in [4.69, 9.17) is 0 Å². The molecule has 1 atom stereocenters. The molecule has 0 saturated carbocycles. The SMILES string of the molecule is CC[C]C(CC)(CC)C(C)CC. The van der Waals surface area contributed by atoms with Crippen LogP contribution in [0.5, 0.6) is 0 Å². The molecular formula is C12H24. The van der Waals surface area contributed by atoms with Crippen LogP contribution in [0.2, 0.25) is 0 Å². The third-order valence-electron chi connectivity index (χ3n) is 3.35. The Morgan fingerprint density at radius 1 is 1.08 bits per heavy atom. The maximum atomic E-state index is 3.65. The van der Waals surface area contributed by atoms with Crippen LogP contribution in [0.4, 0.5) is 0 Å². The highest BCUT2D eigenvalue weighted by Gasteiger charge is 2.30. The monoisotopic (exact) mass is 168 g/mol. The molecule has 0 aromatic rings. The van der Waals surface area contributed by atoms with E-state index in [-0.39, 0.29) is 0 Å². The first-order valence-corrected chi connectivity index (χ1v) is 5.41. The molecule has 0 aliphatic rings. The second-order valence-corrected chi connectivity index (χ2v) is 3.70. The summed E-state index contributed by atoms with van der Waals surface area (Å²) in [7, 11) is 0. The third-order valence-corrected chi connectivity index (χ3v) is 3.35. The summed E-state index contributed by atoms with van der Waals surface area (Å²) in [6.07, 6.45) is 8.49. The van der Waals surface area contributed by atoms with Crippen molar-refractivity contribution in [3.63, 3.8) is 0 Å². The largest absolute Gasteiger partial charge is 0.0651 e. The van der Waals surface area contributed by atoms with Gasteiger partial charge in [-0.1, -0.05) is 41.0 Å².